The molecule has 2 aliphatic rings. The van der Waals surface area contributed by atoms with E-state index in [9.17, 15) is 32.3 Å². The first-order valence-electron chi connectivity index (χ1n) is 13.1. The van der Waals surface area contributed by atoms with Crippen LogP contribution in [0, 0.1) is 0 Å². The van der Waals surface area contributed by atoms with Gasteiger partial charge >= 0.3 is 5.97 Å². The molecule has 1 amide bonds. The Morgan fingerprint density at radius 1 is 1.23 bits per heavy atom. The molecule has 0 radical (unpaired) electrons. The Hall–Kier alpha value is -2.66. The first kappa shape index (κ1) is 30.9. The number of carbonyl (C=O) groups excluding carboxylic acids is 1. The quantitative estimate of drug-likeness (QED) is 0.346. The SMILES string of the molecule is CC(C[C@@H](CC(=O)O)NC(=O)c1cc(-c2ccccc2C(C)(F)F)n(C2CCCC2)n1)N1CCC(F)(F)C1.Cl. The topological polar surface area (TPSA) is 87.5 Å². The average Bonchev–Trinajstić information content (AvgIpc) is 3.57. The lowest BCUT2D eigenvalue weighted by atomic mass is 9.99. The van der Waals surface area contributed by atoms with Crippen molar-refractivity contribution >= 4 is 24.3 Å². The van der Waals surface area contributed by atoms with Gasteiger partial charge in [-0.25, -0.2) is 17.6 Å². The van der Waals surface area contributed by atoms with Crippen LogP contribution >= 0.6 is 12.4 Å². The number of carboxylic acids is 1. The molecule has 1 aliphatic carbocycles. The van der Waals surface area contributed by atoms with Crippen LogP contribution in [0.4, 0.5) is 17.6 Å². The third-order valence-corrected chi connectivity index (χ3v) is 7.52. The van der Waals surface area contributed by atoms with Gasteiger partial charge in [-0.2, -0.15) is 5.10 Å². The summed E-state index contributed by atoms with van der Waals surface area (Å²) in [4.78, 5) is 26.4. The number of rotatable bonds is 10. The molecule has 2 N–H and O–H groups in total. The fourth-order valence-corrected chi connectivity index (χ4v) is 5.59. The molecule has 1 aromatic carbocycles. The van der Waals surface area contributed by atoms with E-state index in [2.05, 4.69) is 10.4 Å². The van der Waals surface area contributed by atoms with E-state index in [4.69, 9.17) is 0 Å². The lowest BCUT2D eigenvalue weighted by Crippen LogP contribution is -2.43. The van der Waals surface area contributed by atoms with Gasteiger partial charge in [-0.1, -0.05) is 37.1 Å². The largest absolute Gasteiger partial charge is 0.481 e. The summed E-state index contributed by atoms with van der Waals surface area (Å²) in [6.07, 6.45) is 3.06. The maximum Gasteiger partial charge on any atom is 0.305 e. The highest BCUT2D eigenvalue weighted by Crippen LogP contribution is 2.39. The second-order valence-electron chi connectivity index (χ2n) is 10.7. The van der Waals surface area contributed by atoms with E-state index in [-0.39, 0.29) is 67.1 Å². The molecule has 1 aliphatic heterocycles. The maximum atomic E-state index is 14.5. The van der Waals surface area contributed by atoms with Crippen LogP contribution in [0.5, 0.6) is 0 Å². The maximum absolute atomic E-state index is 14.5. The molecule has 2 atom stereocenters. The van der Waals surface area contributed by atoms with Gasteiger partial charge in [0.2, 0.25) is 0 Å². The zero-order valence-electron chi connectivity index (χ0n) is 22.0. The van der Waals surface area contributed by atoms with Crippen LogP contribution in [0.1, 0.15) is 80.9 Å². The normalized spacial score (nSPS) is 19.4. The van der Waals surface area contributed by atoms with E-state index in [0.717, 1.165) is 32.6 Å². The van der Waals surface area contributed by atoms with Crippen molar-refractivity contribution in [3.63, 3.8) is 0 Å². The first-order chi connectivity index (χ1) is 17.8. The monoisotopic (exact) mass is 574 g/mol. The third-order valence-electron chi connectivity index (χ3n) is 7.52. The van der Waals surface area contributed by atoms with Gasteiger partial charge in [0.1, 0.15) is 0 Å². The number of aliphatic carboxylic acids is 1. The summed E-state index contributed by atoms with van der Waals surface area (Å²) in [6.45, 7) is 2.35. The van der Waals surface area contributed by atoms with Crippen LogP contribution in [0.25, 0.3) is 11.3 Å². The number of carbonyl (C=O) groups is 2. The number of nitrogens with zero attached hydrogens (tertiary/aromatic N) is 3. The van der Waals surface area contributed by atoms with Crippen LogP contribution in [-0.4, -0.2) is 62.8 Å². The number of amides is 1. The van der Waals surface area contributed by atoms with Crippen molar-refractivity contribution in [2.45, 2.75) is 88.8 Å². The number of likely N-dealkylation sites (tertiary alicyclic amines) is 1. The van der Waals surface area contributed by atoms with E-state index in [1.54, 1.807) is 28.6 Å². The van der Waals surface area contributed by atoms with Crippen LogP contribution in [0.3, 0.4) is 0 Å². The van der Waals surface area contributed by atoms with E-state index in [0.29, 0.717) is 5.69 Å². The van der Waals surface area contributed by atoms with Gasteiger partial charge in [0.25, 0.3) is 17.8 Å². The molecule has 0 bridgehead atoms. The predicted octanol–water partition coefficient (Wildman–Crippen LogP) is 5.89. The van der Waals surface area contributed by atoms with Crippen LogP contribution in [0.15, 0.2) is 30.3 Å². The Bertz CT molecular complexity index is 1160. The Morgan fingerprint density at radius 3 is 2.49 bits per heavy atom. The van der Waals surface area contributed by atoms with Gasteiger partial charge in [0, 0.05) is 43.1 Å². The second-order valence-corrected chi connectivity index (χ2v) is 10.7. The van der Waals surface area contributed by atoms with E-state index >= 15 is 0 Å². The zero-order chi connectivity index (χ0) is 27.7. The smallest absolute Gasteiger partial charge is 0.305 e. The Balaban J connectivity index is 0.00000420. The molecule has 1 unspecified atom stereocenters. The summed E-state index contributed by atoms with van der Waals surface area (Å²) < 4.78 is 57.9. The minimum atomic E-state index is -3.11. The number of alkyl halides is 4. The fourth-order valence-electron chi connectivity index (χ4n) is 5.59. The molecule has 1 saturated carbocycles. The molecule has 2 heterocycles. The molecular formula is C27H35ClF4N4O3. The molecule has 7 nitrogen and oxygen atoms in total. The molecule has 2 fully saturated rings. The first-order valence-corrected chi connectivity index (χ1v) is 13.1. The molecule has 2 aromatic rings. The van der Waals surface area contributed by atoms with Crippen molar-refractivity contribution in [2.24, 2.45) is 0 Å². The van der Waals surface area contributed by atoms with Crippen molar-refractivity contribution < 1.29 is 32.3 Å². The highest BCUT2D eigenvalue weighted by atomic mass is 35.5. The van der Waals surface area contributed by atoms with Crippen molar-refractivity contribution in [3.8, 4) is 11.3 Å². The standard InChI is InChI=1S/C27H34F4N4O3.ClH/c1-17(34-12-11-27(30,31)16-34)13-18(14-24(36)37)32-25(38)22-15-23(35(33-22)19-7-3-4-8-19)20-9-5-6-10-21(20)26(2,28)29;/h5-6,9-10,15,17-19H,3-4,7-8,11-14,16H2,1-2H3,(H,32,38)(H,36,37);1H/t17?,18-;/m0./s1. The Labute approximate surface area is 231 Å². The number of aromatic nitrogens is 2. The van der Waals surface area contributed by atoms with E-state index < -0.39 is 36.3 Å². The van der Waals surface area contributed by atoms with Crippen LogP contribution in [0.2, 0.25) is 0 Å². The van der Waals surface area contributed by atoms with Crippen molar-refractivity contribution in [1.29, 1.82) is 0 Å². The number of carboxylic acid groups (broad SMARTS) is 1. The summed E-state index contributed by atoms with van der Waals surface area (Å²) in [5.74, 6) is -7.66. The van der Waals surface area contributed by atoms with E-state index in [1.165, 1.54) is 18.2 Å². The molecule has 1 aromatic heterocycles. The number of halogens is 5. The summed E-state index contributed by atoms with van der Waals surface area (Å²) in [5, 5.41) is 16.6. The van der Waals surface area contributed by atoms with Gasteiger partial charge in [0.15, 0.2) is 5.69 Å². The highest BCUT2D eigenvalue weighted by molar-refractivity contribution is 5.94. The summed E-state index contributed by atoms with van der Waals surface area (Å²) in [7, 11) is 0. The van der Waals surface area contributed by atoms with E-state index in [1.807, 2.05) is 0 Å². The predicted molar refractivity (Wildman–Crippen MR) is 141 cm³/mol. The Kier molecular flexibility index (Phi) is 9.69. The molecule has 1 saturated heterocycles. The van der Waals surface area contributed by atoms with Gasteiger partial charge < -0.3 is 10.4 Å². The van der Waals surface area contributed by atoms with Crippen LogP contribution in [-0.2, 0) is 10.7 Å². The summed E-state index contributed by atoms with van der Waals surface area (Å²) in [5.41, 5.74) is 0.508. The van der Waals surface area contributed by atoms with Gasteiger partial charge in [-0.05, 0) is 32.3 Å². The van der Waals surface area contributed by atoms with Crippen molar-refractivity contribution in [2.75, 3.05) is 13.1 Å². The van der Waals surface area contributed by atoms with Crippen molar-refractivity contribution in [3.05, 3.63) is 41.6 Å². The van der Waals surface area contributed by atoms with Crippen molar-refractivity contribution in [1.82, 2.24) is 20.0 Å². The third kappa shape index (κ3) is 7.51. The summed E-state index contributed by atoms with van der Waals surface area (Å²) >= 11 is 0. The van der Waals surface area contributed by atoms with Crippen LogP contribution < -0.4 is 5.32 Å². The number of benzene rings is 1. The van der Waals surface area contributed by atoms with Gasteiger partial charge in [0.05, 0.1) is 24.7 Å². The molecule has 0 spiro atoms. The minimum Gasteiger partial charge on any atom is -0.481 e. The highest BCUT2D eigenvalue weighted by Gasteiger charge is 2.40. The van der Waals surface area contributed by atoms with Gasteiger partial charge in [-0.15, -0.1) is 12.4 Å². The molecule has 39 heavy (non-hydrogen) atoms. The number of nitrogens with one attached hydrogen (secondary N) is 1. The number of hydrogen-bond donors (Lipinski definition) is 2. The second kappa shape index (κ2) is 12.2. The molecule has 4 rings (SSSR count). The van der Waals surface area contributed by atoms with Gasteiger partial charge in [-0.3, -0.25) is 19.2 Å². The molecule has 216 valence electrons. The lowest BCUT2D eigenvalue weighted by Gasteiger charge is -2.28. The minimum absolute atomic E-state index is 0. The Morgan fingerprint density at radius 2 is 1.90 bits per heavy atom. The lowest BCUT2D eigenvalue weighted by molar-refractivity contribution is -0.137. The number of hydrogen-bond acceptors (Lipinski definition) is 4. The summed E-state index contributed by atoms with van der Waals surface area (Å²) in [6, 6.07) is 6.36. The molecule has 12 heteroatoms. The zero-order valence-corrected chi connectivity index (χ0v) is 22.8. The molecular weight excluding hydrogens is 540 g/mol. The fraction of sp³-hybridized carbons (Fsp3) is 0.593. The average molecular weight is 575 g/mol.